The van der Waals surface area contributed by atoms with Gasteiger partial charge in [-0.15, -0.1) is 0 Å². The molecule has 0 aromatic heterocycles. The summed E-state index contributed by atoms with van der Waals surface area (Å²) in [6.07, 6.45) is 26.3. The predicted molar refractivity (Wildman–Crippen MR) is 104 cm³/mol. The minimum Gasteiger partial charge on any atom is -0.0654 e. The summed E-state index contributed by atoms with van der Waals surface area (Å²) in [4.78, 5) is 0. The molecule has 0 heteroatoms. The van der Waals surface area contributed by atoms with Gasteiger partial charge in [0.15, 0.2) is 0 Å². The molecule has 0 radical (unpaired) electrons. The van der Waals surface area contributed by atoms with Crippen LogP contribution in [0.5, 0.6) is 0 Å². The number of hydrogen-bond donors (Lipinski definition) is 0. The lowest BCUT2D eigenvalue weighted by Gasteiger charge is -2.16. The predicted octanol–water partition coefficient (Wildman–Crippen LogP) is 8.68. The Hall–Kier alpha value is 0. The molecule has 0 nitrogen and oxygen atoms in total. The van der Waals surface area contributed by atoms with E-state index in [9.17, 15) is 0 Å². The van der Waals surface area contributed by atoms with Crippen molar-refractivity contribution in [3.05, 3.63) is 0 Å². The normalized spacial score (nSPS) is 11.5. The second kappa shape index (κ2) is 19.0. The zero-order valence-corrected chi connectivity index (χ0v) is 16.3. The van der Waals surface area contributed by atoms with Gasteiger partial charge in [-0.3, -0.25) is 0 Å². The van der Waals surface area contributed by atoms with E-state index in [0.717, 1.165) is 5.92 Å². The van der Waals surface area contributed by atoms with Gasteiger partial charge >= 0.3 is 0 Å². The highest BCUT2D eigenvalue weighted by atomic mass is 14.1. The Morgan fingerprint density at radius 1 is 0.364 bits per heavy atom. The van der Waals surface area contributed by atoms with Crippen LogP contribution in [0.15, 0.2) is 0 Å². The molecule has 0 bridgehead atoms. The molecule has 0 aromatic rings. The molecule has 0 aliphatic heterocycles. The van der Waals surface area contributed by atoms with Crippen LogP contribution in [0.1, 0.15) is 136 Å². The van der Waals surface area contributed by atoms with E-state index < -0.39 is 0 Å². The summed E-state index contributed by atoms with van der Waals surface area (Å²) >= 11 is 0. The van der Waals surface area contributed by atoms with Crippen LogP contribution < -0.4 is 0 Å². The third-order valence-corrected chi connectivity index (χ3v) is 5.13. The Bertz CT molecular complexity index is 166. The molecule has 22 heavy (non-hydrogen) atoms. The van der Waals surface area contributed by atoms with E-state index in [1.54, 1.807) is 0 Å². The quantitative estimate of drug-likeness (QED) is 0.222. The fourth-order valence-corrected chi connectivity index (χ4v) is 3.62. The van der Waals surface area contributed by atoms with Crippen molar-refractivity contribution in [3.63, 3.8) is 0 Å². The Labute approximate surface area is 142 Å². The summed E-state index contributed by atoms with van der Waals surface area (Å²) in [5.41, 5.74) is 0. The van der Waals surface area contributed by atoms with Gasteiger partial charge in [-0.25, -0.2) is 0 Å². The maximum absolute atomic E-state index is 2.36. The van der Waals surface area contributed by atoms with E-state index >= 15 is 0 Å². The van der Waals surface area contributed by atoms with Gasteiger partial charge in [0.2, 0.25) is 0 Å². The molecule has 0 amide bonds. The summed E-state index contributed by atoms with van der Waals surface area (Å²) in [7, 11) is 0. The first-order valence-corrected chi connectivity index (χ1v) is 10.8. The van der Waals surface area contributed by atoms with Crippen molar-refractivity contribution in [2.24, 2.45) is 5.92 Å². The molecular formula is C22H46. The summed E-state index contributed by atoms with van der Waals surface area (Å²) in [6.45, 7) is 6.97. The fourth-order valence-electron chi connectivity index (χ4n) is 3.62. The van der Waals surface area contributed by atoms with Crippen molar-refractivity contribution < 1.29 is 0 Å². The van der Waals surface area contributed by atoms with Crippen LogP contribution in [0.2, 0.25) is 0 Å². The molecule has 0 N–H and O–H groups in total. The molecule has 0 saturated heterocycles. The summed E-state index contributed by atoms with van der Waals surface area (Å²) in [5, 5.41) is 0. The molecule has 0 aromatic carbocycles. The zero-order valence-electron chi connectivity index (χ0n) is 16.3. The van der Waals surface area contributed by atoms with Crippen LogP contribution in [-0.2, 0) is 0 Å². The SMILES string of the molecule is CCCCCCCCCC(CCC)CCCCCCCCC. The summed E-state index contributed by atoms with van der Waals surface area (Å²) in [6, 6.07) is 0. The topological polar surface area (TPSA) is 0 Å². The van der Waals surface area contributed by atoms with Crippen LogP contribution >= 0.6 is 0 Å². The van der Waals surface area contributed by atoms with Crippen LogP contribution in [0.3, 0.4) is 0 Å². The van der Waals surface area contributed by atoms with Crippen molar-refractivity contribution in [3.8, 4) is 0 Å². The monoisotopic (exact) mass is 310 g/mol. The van der Waals surface area contributed by atoms with Gasteiger partial charge in [0.05, 0.1) is 0 Å². The van der Waals surface area contributed by atoms with E-state index in [0.29, 0.717) is 0 Å². The van der Waals surface area contributed by atoms with E-state index in [1.165, 1.54) is 116 Å². The van der Waals surface area contributed by atoms with Crippen molar-refractivity contribution in [2.45, 2.75) is 136 Å². The minimum atomic E-state index is 1.04. The zero-order chi connectivity index (χ0) is 16.3. The lowest BCUT2D eigenvalue weighted by atomic mass is 9.90. The maximum Gasteiger partial charge on any atom is -0.0414 e. The number of hydrogen-bond acceptors (Lipinski definition) is 0. The third-order valence-electron chi connectivity index (χ3n) is 5.13. The first kappa shape index (κ1) is 22.0. The average molecular weight is 311 g/mol. The second-order valence-corrected chi connectivity index (χ2v) is 7.47. The van der Waals surface area contributed by atoms with Crippen LogP contribution in [-0.4, -0.2) is 0 Å². The summed E-state index contributed by atoms with van der Waals surface area (Å²) < 4.78 is 0. The van der Waals surface area contributed by atoms with Crippen molar-refractivity contribution in [1.29, 1.82) is 0 Å². The van der Waals surface area contributed by atoms with Crippen molar-refractivity contribution >= 4 is 0 Å². The highest BCUT2D eigenvalue weighted by Crippen LogP contribution is 2.23. The van der Waals surface area contributed by atoms with Crippen LogP contribution in [0.25, 0.3) is 0 Å². The first-order valence-electron chi connectivity index (χ1n) is 10.8. The van der Waals surface area contributed by atoms with E-state index in [-0.39, 0.29) is 0 Å². The highest BCUT2D eigenvalue weighted by molar-refractivity contribution is 4.60. The maximum atomic E-state index is 2.36. The largest absolute Gasteiger partial charge is 0.0654 e. The molecule has 0 rings (SSSR count). The van der Waals surface area contributed by atoms with Crippen molar-refractivity contribution in [1.82, 2.24) is 0 Å². The molecule has 0 fully saturated rings. The summed E-state index contributed by atoms with van der Waals surface area (Å²) in [5.74, 6) is 1.04. The van der Waals surface area contributed by atoms with E-state index in [2.05, 4.69) is 20.8 Å². The molecule has 0 saturated carbocycles. The molecule has 0 aliphatic rings. The minimum absolute atomic E-state index is 1.04. The molecule has 0 aliphatic carbocycles. The Balaban J connectivity index is 3.44. The standard InChI is InChI=1S/C22H46/c1-4-7-9-11-13-15-17-20-22(19-6-3)21-18-16-14-12-10-8-5-2/h22H,4-21H2,1-3H3. The number of rotatable bonds is 18. The average Bonchev–Trinajstić information content (AvgIpc) is 2.53. The molecule has 0 unspecified atom stereocenters. The van der Waals surface area contributed by atoms with Gasteiger partial charge < -0.3 is 0 Å². The number of unbranched alkanes of at least 4 members (excludes halogenated alkanes) is 12. The Kier molecular flexibility index (Phi) is 19.0. The van der Waals surface area contributed by atoms with Crippen LogP contribution in [0.4, 0.5) is 0 Å². The molecule has 134 valence electrons. The third kappa shape index (κ3) is 16.4. The van der Waals surface area contributed by atoms with E-state index in [4.69, 9.17) is 0 Å². The van der Waals surface area contributed by atoms with Gasteiger partial charge in [0.1, 0.15) is 0 Å². The molecule has 0 heterocycles. The molecular weight excluding hydrogens is 264 g/mol. The molecule has 0 spiro atoms. The first-order chi connectivity index (χ1) is 10.8. The Morgan fingerprint density at radius 2 is 0.727 bits per heavy atom. The van der Waals surface area contributed by atoms with E-state index in [1.807, 2.05) is 0 Å². The van der Waals surface area contributed by atoms with Crippen LogP contribution in [0, 0.1) is 5.92 Å². The fraction of sp³-hybridized carbons (Fsp3) is 1.00. The molecule has 0 atom stereocenters. The lowest BCUT2D eigenvalue weighted by molar-refractivity contribution is 0.377. The van der Waals surface area contributed by atoms with Gasteiger partial charge in [-0.05, 0) is 5.92 Å². The highest BCUT2D eigenvalue weighted by Gasteiger charge is 2.07. The lowest BCUT2D eigenvalue weighted by Crippen LogP contribution is -2.00. The smallest absolute Gasteiger partial charge is 0.0414 e. The van der Waals surface area contributed by atoms with Gasteiger partial charge in [-0.1, -0.05) is 136 Å². The van der Waals surface area contributed by atoms with Gasteiger partial charge in [0, 0.05) is 0 Å². The second-order valence-electron chi connectivity index (χ2n) is 7.47. The van der Waals surface area contributed by atoms with Gasteiger partial charge in [-0.2, -0.15) is 0 Å². The Morgan fingerprint density at radius 3 is 1.09 bits per heavy atom. The van der Waals surface area contributed by atoms with Crippen molar-refractivity contribution in [2.75, 3.05) is 0 Å². The van der Waals surface area contributed by atoms with Gasteiger partial charge in [0.25, 0.3) is 0 Å².